The lowest BCUT2D eigenvalue weighted by atomic mass is 9.88. The van der Waals surface area contributed by atoms with Crippen molar-refractivity contribution in [3.8, 4) is 0 Å². The molecule has 0 aromatic carbocycles. The fourth-order valence-electron chi connectivity index (χ4n) is 2.08. The molecule has 1 unspecified atom stereocenters. The molecule has 0 radical (unpaired) electrons. The van der Waals surface area contributed by atoms with Crippen molar-refractivity contribution >= 4 is 11.8 Å². The summed E-state index contributed by atoms with van der Waals surface area (Å²) in [4.78, 5) is 0. The summed E-state index contributed by atoms with van der Waals surface area (Å²) in [5, 5.41) is 0.779. The van der Waals surface area contributed by atoms with Gasteiger partial charge in [-0.2, -0.15) is 11.8 Å². The summed E-state index contributed by atoms with van der Waals surface area (Å²) in [6, 6.07) is 0. The van der Waals surface area contributed by atoms with Crippen molar-refractivity contribution in [2.24, 2.45) is 5.73 Å². The first-order valence-corrected chi connectivity index (χ1v) is 6.48. The first-order chi connectivity index (χ1) is 6.22. The Morgan fingerprint density at radius 2 is 1.92 bits per heavy atom. The summed E-state index contributed by atoms with van der Waals surface area (Å²) in [6.07, 6.45) is 8.16. The molecule has 78 valence electrons. The number of nitrogens with two attached hydrogens (primary N) is 1. The maximum atomic E-state index is 5.92. The molecule has 0 aromatic rings. The Bertz CT molecular complexity index is 141. The third kappa shape index (κ3) is 3.17. The van der Waals surface area contributed by atoms with Crippen molar-refractivity contribution in [2.75, 3.05) is 6.54 Å². The van der Waals surface area contributed by atoms with E-state index in [1.807, 2.05) is 0 Å². The van der Waals surface area contributed by atoms with Gasteiger partial charge in [0.25, 0.3) is 0 Å². The van der Waals surface area contributed by atoms with Crippen LogP contribution in [0.15, 0.2) is 0 Å². The lowest BCUT2D eigenvalue weighted by molar-refractivity contribution is 0.402. The van der Waals surface area contributed by atoms with Crippen LogP contribution in [0.5, 0.6) is 0 Å². The maximum absolute atomic E-state index is 5.92. The van der Waals surface area contributed by atoms with Crippen LogP contribution in [-0.2, 0) is 0 Å². The molecule has 0 aromatic heterocycles. The van der Waals surface area contributed by atoms with Crippen LogP contribution in [0.4, 0.5) is 0 Å². The Hall–Kier alpha value is 0.310. The van der Waals surface area contributed by atoms with E-state index in [9.17, 15) is 0 Å². The van der Waals surface area contributed by atoms with Crippen LogP contribution in [0.2, 0.25) is 0 Å². The first-order valence-electron chi connectivity index (χ1n) is 5.60. The van der Waals surface area contributed by atoms with Gasteiger partial charge in [0, 0.05) is 16.5 Å². The lowest BCUT2D eigenvalue weighted by Crippen LogP contribution is -2.37. The summed E-state index contributed by atoms with van der Waals surface area (Å²) >= 11 is 2.14. The topological polar surface area (TPSA) is 26.0 Å². The van der Waals surface area contributed by atoms with Gasteiger partial charge in [-0.3, -0.25) is 0 Å². The van der Waals surface area contributed by atoms with Crippen LogP contribution >= 0.6 is 11.8 Å². The molecule has 0 amide bonds. The molecule has 0 saturated heterocycles. The second-order valence-electron chi connectivity index (χ2n) is 4.28. The van der Waals surface area contributed by atoms with E-state index in [0.29, 0.717) is 4.75 Å². The summed E-state index contributed by atoms with van der Waals surface area (Å²) in [5.74, 6) is 0. The van der Waals surface area contributed by atoms with Crippen molar-refractivity contribution in [3.05, 3.63) is 0 Å². The zero-order valence-electron chi connectivity index (χ0n) is 9.01. The van der Waals surface area contributed by atoms with Crippen LogP contribution < -0.4 is 5.73 Å². The molecule has 1 saturated carbocycles. The van der Waals surface area contributed by atoms with Crippen LogP contribution in [0.3, 0.4) is 0 Å². The summed E-state index contributed by atoms with van der Waals surface area (Å²) in [7, 11) is 0. The zero-order valence-corrected chi connectivity index (χ0v) is 9.83. The molecular formula is C11H23NS. The number of thioether (sulfide) groups is 1. The molecule has 0 bridgehead atoms. The molecule has 1 rings (SSSR count). The predicted octanol–water partition coefficient (Wildman–Crippen LogP) is 3.18. The average molecular weight is 201 g/mol. The third-order valence-corrected chi connectivity index (χ3v) is 4.97. The van der Waals surface area contributed by atoms with Gasteiger partial charge in [0.2, 0.25) is 0 Å². The van der Waals surface area contributed by atoms with Crippen LogP contribution in [0, 0.1) is 0 Å². The van der Waals surface area contributed by atoms with E-state index in [1.165, 1.54) is 38.5 Å². The molecular weight excluding hydrogens is 178 g/mol. The van der Waals surface area contributed by atoms with Gasteiger partial charge >= 0.3 is 0 Å². The van der Waals surface area contributed by atoms with Crippen LogP contribution in [0.1, 0.15) is 52.4 Å². The highest BCUT2D eigenvalue weighted by Gasteiger charge is 2.32. The van der Waals surface area contributed by atoms with Crippen molar-refractivity contribution in [1.29, 1.82) is 0 Å². The van der Waals surface area contributed by atoms with Crippen molar-refractivity contribution < 1.29 is 0 Å². The highest BCUT2D eigenvalue weighted by atomic mass is 32.2. The van der Waals surface area contributed by atoms with Crippen LogP contribution in [-0.4, -0.2) is 16.5 Å². The van der Waals surface area contributed by atoms with Crippen molar-refractivity contribution in [3.63, 3.8) is 0 Å². The SMILES string of the molecule is CCC(C)SC1(CN)CCCCC1. The van der Waals surface area contributed by atoms with Gasteiger partial charge in [0.15, 0.2) is 0 Å². The third-order valence-electron chi connectivity index (χ3n) is 3.16. The normalized spacial score (nSPS) is 24.2. The van der Waals surface area contributed by atoms with Crippen molar-refractivity contribution in [2.45, 2.75) is 62.4 Å². The second-order valence-corrected chi connectivity index (χ2v) is 6.19. The van der Waals surface area contributed by atoms with Gasteiger partial charge in [0.05, 0.1) is 0 Å². The molecule has 1 aliphatic carbocycles. The Balaban J connectivity index is 2.47. The van der Waals surface area contributed by atoms with Crippen molar-refractivity contribution in [1.82, 2.24) is 0 Å². The van der Waals surface area contributed by atoms with Gasteiger partial charge in [-0.1, -0.05) is 33.1 Å². The van der Waals surface area contributed by atoms with E-state index in [1.54, 1.807) is 0 Å². The van der Waals surface area contributed by atoms with Gasteiger partial charge in [-0.25, -0.2) is 0 Å². The van der Waals surface area contributed by atoms with E-state index in [4.69, 9.17) is 5.73 Å². The second kappa shape index (κ2) is 5.26. The summed E-state index contributed by atoms with van der Waals surface area (Å²) in [5.41, 5.74) is 5.92. The van der Waals surface area contributed by atoms with E-state index in [2.05, 4.69) is 25.6 Å². The van der Waals surface area contributed by atoms with Gasteiger partial charge in [-0.15, -0.1) is 0 Å². The Morgan fingerprint density at radius 1 is 1.31 bits per heavy atom. The maximum Gasteiger partial charge on any atom is 0.0284 e. The van der Waals surface area contributed by atoms with Gasteiger partial charge < -0.3 is 5.73 Å². The van der Waals surface area contributed by atoms with E-state index in [0.717, 1.165) is 11.8 Å². The quantitative estimate of drug-likeness (QED) is 0.756. The summed E-state index contributed by atoms with van der Waals surface area (Å²) < 4.78 is 0.438. The highest BCUT2D eigenvalue weighted by Crippen LogP contribution is 2.41. The number of hydrogen-bond acceptors (Lipinski definition) is 2. The number of hydrogen-bond donors (Lipinski definition) is 1. The first kappa shape index (κ1) is 11.4. The monoisotopic (exact) mass is 201 g/mol. The fourth-order valence-corrected chi connectivity index (χ4v) is 3.72. The van der Waals surface area contributed by atoms with Crippen LogP contribution in [0.25, 0.3) is 0 Å². The molecule has 2 N–H and O–H groups in total. The Kier molecular flexibility index (Phi) is 4.60. The summed E-state index contributed by atoms with van der Waals surface area (Å²) in [6.45, 7) is 5.48. The molecule has 0 heterocycles. The highest BCUT2D eigenvalue weighted by molar-refractivity contribution is 8.01. The lowest BCUT2D eigenvalue weighted by Gasteiger charge is -2.37. The van der Waals surface area contributed by atoms with E-state index >= 15 is 0 Å². The van der Waals surface area contributed by atoms with E-state index in [-0.39, 0.29) is 0 Å². The molecule has 13 heavy (non-hydrogen) atoms. The Labute approximate surface area is 86.8 Å². The number of rotatable bonds is 4. The molecule has 0 aliphatic heterocycles. The molecule has 1 aliphatic rings. The molecule has 2 heteroatoms. The fraction of sp³-hybridized carbons (Fsp3) is 1.00. The largest absolute Gasteiger partial charge is 0.329 e. The minimum Gasteiger partial charge on any atom is -0.329 e. The Morgan fingerprint density at radius 3 is 2.38 bits per heavy atom. The smallest absolute Gasteiger partial charge is 0.0284 e. The van der Waals surface area contributed by atoms with E-state index < -0.39 is 0 Å². The van der Waals surface area contributed by atoms with Gasteiger partial charge in [-0.05, 0) is 19.3 Å². The minimum atomic E-state index is 0.438. The molecule has 0 spiro atoms. The minimum absolute atomic E-state index is 0.438. The predicted molar refractivity (Wildman–Crippen MR) is 62.2 cm³/mol. The molecule has 1 nitrogen and oxygen atoms in total. The van der Waals surface area contributed by atoms with Gasteiger partial charge in [0.1, 0.15) is 0 Å². The average Bonchev–Trinajstić information content (AvgIpc) is 2.19. The molecule has 1 fully saturated rings. The molecule has 1 atom stereocenters. The standard InChI is InChI=1S/C11H23NS/c1-3-10(2)13-11(9-12)7-5-4-6-8-11/h10H,3-9,12H2,1-2H3. The zero-order chi connectivity index (χ0) is 9.73.